The van der Waals surface area contributed by atoms with Crippen molar-refractivity contribution < 1.29 is 4.79 Å². The summed E-state index contributed by atoms with van der Waals surface area (Å²) in [5.41, 5.74) is 0. The molecule has 0 unspecified atom stereocenters. The average molecular weight is 119 g/mol. The maximum absolute atomic E-state index is 10.1. The maximum atomic E-state index is 10.1. The van der Waals surface area contributed by atoms with E-state index in [1.807, 2.05) is 0 Å². The van der Waals surface area contributed by atoms with Crippen molar-refractivity contribution in [3.8, 4) is 0 Å². The van der Waals surface area contributed by atoms with E-state index in [0.29, 0.717) is 5.88 Å². The SMILES string of the molecule is CC(=O)C=CCCl. The molecule has 0 spiro atoms. The van der Waals surface area contributed by atoms with Gasteiger partial charge in [0.25, 0.3) is 0 Å². The van der Waals surface area contributed by atoms with Crippen LogP contribution in [0.15, 0.2) is 12.2 Å². The van der Waals surface area contributed by atoms with Gasteiger partial charge in [0.2, 0.25) is 0 Å². The Balaban J connectivity index is 3.26. The largest absolute Gasteiger partial charge is 0.295 e. The molecule has 0 saturated heterocycles. The van der Waals surface area contributed by atoms with Gasteiger partial charge in [0.05, 0.1) is 0 Å². The minimum absolute atomic E-state index is 0.0423. The molecule has 40 valence electrons. The monoisotopic (exact) mass is 118 g/mol. The van der Waals surface area contributed by atoms with E-state index >= 15 is 0 Å². The van der Waals surface area contributed by atoms with Gasteiger partial charge in [-0.25, -0.2) is 0 Å². The van der Waals surface area contributed by atoms with E-state index in [9.17, 15) is 4.79 Å². The maximum Gasteiger partial charge on any atom is 0.152 e. The quantitative estimate of drug-likeness (QED) is 0.395. The highest BCUT2D eigenvalue weighted by atomic mass is 35.5. The molecular formula is C5H7ClO. The highest BCUT2D eigenvalue weighted by molar-refractivity contribution is 6.19. The Hall–Kier alpha value is -0.300. The molecule has 7 heavy (non-hydrogen) atoms. The lowest BCUT2D eigenvalue weighted by atomic mass is 10.4. The van der Waals surface area contributed by atoms with Gasteiger partial charge in [0, 0.05) is 5.88 Å². The number of hydrogen-bond acceptors (Lipinski definition) is 1. The van der Waals surface area contributed by atoms with Crippen molar-refractivity contribution in [1.29, 1.82) is 0 Å². The number of carbonyl (C=O) groups excluding carboxylic acids is 1. The van der Waals surface area contributed by atoms with Crippen molar-refractivity contribution in [2.45, 2.75) is 6.92 Å². The van der Waals surface area contributed by atoms with Crippen LogP contribution >= 0.6 is 11.6 Å². The Bertz CT molecular complexity index is 86.1. The average Bonchev–Trinajstić information content (AvgIpc) is 1.61. The molecule has 0 aliphatic carbocycles. The predicted molar refractivity (Wildman–Crippen MR) is 30.5 cm³/mol. The van der Waals surface area contributed by atoms with Gasteiger partial charge in [0.1, 0.15) is 0 Å². The third kappa shape index (κ3) is 5.70. The van der Waals surface area contributed by atoms with E-state index in [0.717, 1.165) is 0 Å². The Morgan fingerprint density at radius 1 is 1.86 bits per heavy atom. The van der Waals surface area contributed by atoms with Gasteiger partial charge < -0.3 is 0 Å². The van der Waals surface area contributed by atoms with Gasteiger partial charge in [-0.15, -0.1) is 11.6 Å². The normalized spacial score (nSPS) is 10.0. The molecule has 1 nitrogen and oxygen atoms in total. The Kier molecular flexibility index (Phi) is 3.71. The minimum Gasteiger partial charge on any atom is -0.295 e. The molecule has 0 aromatic rings. The van der Waals surface area contributed by atoms with E-state index in [1.165, 1.54) is 13.0 Å². The van der Waals surface area contributed by atoms with Crippen molar-refractivity contribution in [1.82, 2.24) is 0 Å². The van der Waals surface area contributed by atoms with Crippen LogP contribution in [0, 0.1) is 0 Å². The van der Waals surface area contributed by atoms with E-state index in [2.05, 4.69) is 0 Å². The van der Waals surface area contributed by atoms with E-state index in [1.54, 1.807) is 6.08 Å². The number of halogens is 1. The number of hydrogen-bond donors (Lipinski definition) is 0. The lowest BCUT2D eigenvalue weighted by Gasteiger charge is -1.72. The van der Waals surface area contributed by atoms with Crippen molar-refractivity contribution >= 4 is 17.4 Å². The van der Waals surface area contributed by atoms with Crippen LogP contribution in [0.3, 0.4) is 0 Å². The second kappa shape index (κ2) is 3.88. The summed E-state index contributed by atoms with van der Waals surface area (Å²) in [4.78, 5) is 10.1. The van der Waals surface area contributed by atoms with E-state index in [-0.39, 0.29) is 5.78 Å². The fraction of sp³-hybridized carbons (Fsp3) is 0.400. The van der Waals surface area contributed by atoms with Crippen LogP contribution in [0.2, 0.25) is 0 Å². The van der Waals surface area contributed by atoms with E-state index < -0.39 is 0 Å². The zero-order valence-corrected chi connectivity index (χ0v) is 4.90. The zero-order valence-electron chi connectivity index (χ0n) is 4.15. The van der Waals surface area contributed by atoms with Gasteiger partial charge in [-0.3, -0.25) is 4.79 Å². The lowest BCUT2D eigenvalue weighted by molar-refractivity contribution is -0.112. The fourth-order valence-electron chi connectivity index (χ4n) is 0.211. The second-order valence-corrected chi connectivity index (χ2v) is 1.48. The number of alkyl halides is 1. The molecule has 0 aromatic carbocycles. The van der Waals surface area contributed by atoms with Crippen LogP contribution in [-0.4, -0.2) is 11.7 Å². The molecule has 0 fully saturated rings. The molecule has 0 bridgehead atoms. The summed E-state index contributed by atoms with van der Waals surface area (Å²) in [6.07, 6.45) is 3.07. The summed E-state index contributed by atoms with van der Waals surface area (Å²) in [6, 6.07) is 0. The number of carbonyl (C=O) groups is 1. The van der Waals surface area contributed by atoms with Crippen LogP contribution in [0.5, 0.6) is 0 Å². The van der Waals surface area contributed by atoms with Gasteiger partial charge in [0.15, 0.2) is 5.78 Å². The van der Waals surface area contributed by atoms with Crippen molar-refractivity contribution in [3.05, 3.63) is 12.2 Å². The molecule has 0 aliphatic rings. The van der Waals surface area contributed by atoms with E-state index in [4.69, 9.17) is 11.6 Å². The summed E-state index contributed by atoms with van der Waals surface area (Å²) < 4.78 is 0. The van der Waals surface area contributed by atoms with Crippen LogP contribution in [-0.2, 0) is 4.79 Å². The first-order chi connectivity index (χ1) is 3.27. The predicted octanol–water partition coefficient (Wildman–Crippen LogP) is 1.37. The zero-order chi connectivity index (χ0) is 5.70. The Labute approximate surface area is 48.0 Å². The molecule has 0 aromatic heterocycles. The molecule has 0 radical (unpaired) electrons. The van der Waals surface area contributed by atoms with Gasteiger partial charge in [-0.2, -0.15) is 0 Å². The molecular weight excluding hydrogens is 112 g/mol. The standard InChI is InChI=1S/C5H7ClO/c1-5(7)3-2-4-6/h2-3H,4H2,1H3. The molecule has 0 heterocycles. The first kappa shape index (κ1) is 6.70. The molecule has 0 saturated carbocycles. The highest BCUT2D eigenvalue weighted by Gasteiger charge is 1.76. The summed E-state index contributed by atoms with van der Waals surface area (Å²) in [5.74, 6) is 0.459. The summed E-state index contributed by atoms with van der Waals surface area (Å²) >= 11 is 5.21. The van der Waals surface area contributed by atoms with Crippen LogP contribution < -0.4 is 0 Å². The third-order valence-corrected chi connectivity index (χ3v) is 0.620. The second-order valence-electron chi connectivity index (χ2n) is 1.17. The Morgan fingerprint density at radius 3 is 2.57 bits per heavy atom. The summed E-state index contributed by atoms with van der Waals surface area (Å²) in [7, 11) is 0. The smallest absolute Gasteiger partial charge is 0.152 e. The van der Waals surface area contributed by atoms with Crippen molar-refractivity contribution in [3.63, 3.8) is 0 Å². The summed E-state index contributed by atoms with van der Waals surface area (Å²) in [5, 5.41) is 0. The van der Waals surface area contributed by atoms with Gasteiger partial charge >= 0.3 is 0 Å². The first-order valence-electron chi connectivity index (χ1n) is 2.00. The fourth-order valence-corrected chi connectivity index (χ4v) is 0.300. The topological polar surface area (TPSA) is 17.1 Å². The molecule has 0 aliphatic heterocycles. The van der Waals surface area contributed by atoms with Crippen LogP contribution in [0.25, 0.3) is 0 Å². The molecule has 0 amide bonds. The molecule has 2 heteroatoms. The Morgan fingerprint density at radius 2 is 2.43 bits per heavy atom. The number of allylic oxidation sites excluding steroid dienone is 2. The number of rotatable bonds is 2. The van der Waals surface area contributed by atoms with Crippen LogP contribution in [0.4, 0.5) is 0 Å². The molecule has 0 atom stereocenters. The molecule has 0 rings (SSSR count). The van der Waals surface area contributed by atoms with Gasteiger partial charge in [-0.1, -0.05) is 6.08 Å². The van der Waals surface area contributed by atoms with Gasteiger partial charge in [-0.05, 0) is 13.0 Å². The first-order valence-corrected chi connectivity index (χ1v) is 2.54. The summed E-state index contributed by atoms with van der Waals surface area (Å²) in [6.45, 7) is 1.49. The number of ketones is 1. The highest BCUT2D eigenvalue weighted by Crippen LogP contribution is 1.77. The van der Waals surface area contributed by atoms with Crippen LogP contribution in [0.1, 0.15) is 6.92 Å². The molecule has 0 N–H and O–H groups in total. The lowest BCUT2D eigenvalue weighted by Crippen LogP contribution is -1.78. The van der Waals surface area contributed by atoms with Crippen molar-refractivity contribution in [2.24, 2.45) is 0 Å². The van der Waals surface area contributed by atoms with Crippen molar-refractivity contribution in [2.75, 3.05) is 5.88 Å². The third-order valence-electron chi connectivity index (χ3n) is 0.442. The minimum atomic E-state index is 0.0423.